The Hall–Kier alpha value is 0.350. The summed E-state index contributed by atoms with van der Waals surface area (Å²) in [6, 6.07) is 0. The zero-order valence-electron chi connectivity index (χ0n) is 7.33. The van der Waals surface area contributed by atoms with Crippen molar-refractivity contribution < 1.29 is 13.5 Å². The Morgan fingerprint density at radius 1 is 1.58 bits per heavy atom. The zero-order chi connectivity index (χ0) is 9.99. The van der Waals surface area contributed by atoms with Crippen LogP contribution in [-0.4, -0.2) is 29.8 Å². The van der Waals surface area contributed by atoms with E-state index in [9.17, 15) is 13.5 Å². The van der Waals surface area contributed by atoms with Gasteiger partial charge in [0, 0.05) is 0 Å². The molecule has 4 nitrogen and oxygen atoms in total. The van der Waals surface area contributed by atoms with Gasteiger partial charge in [0.1, 0.15) is 4.66 Å². The molecule has 0 bridgehead atoms. The fourth-order valence-electron chi connectivity index (χ4n) is 0.513. The highest BCUT2D eigenvalue weighted by Crippen LogP contribution is 2.10. The molecule has 0 aromatic heterocycles. The molecule has 0 aromatic rings. The Labute approximate surface area is 81.5 Å². The van der Waals surface area contributed by atoms with E-state index >= 15 is 0 Å². The third-order valence-electron chi connectivity index (χ3n) is 1.61. The fraction of sp³-hybridized carbons (Fsp3) is 1.00. The maximum Gasteiger partial charge on any atom is 0.222 e. The van der Waals surface area contributed by atoms with Crippen LogP contribution < -0.4 is 4.72 Å². The average Bonchev–Trinajstić information content (AvgIpc) is 1.85. The van der Waals surface area contributed by atoms with Gasteiger partial charge in [-0.3, -0.25) is 0 Å². The maximum atomic E-state index is 11.1. The van der Waals surface area contributed by atoms with Crippen LogP contribution >= 0.6 is 15.9 Å². The summed E-state index contributed by atoms with van der Waals surface area (Å²) in [6.07, 6.45) is -0.730. The predicted molar refractivity (Wildman–Crippen MR) is 51.6 cm³/mol. The van der Waals surface area contributed by atoms with Crippen molar-refractivity contribution in [1.29, 1.82) is 0 Å². The first-order chi connectivity index (χ1) is 5.21. The van der Waals surface area contributed by atoms with E-state index in [0.29, 0.717) is 0 Å². The summed E-state index contributed by atoms with van der Waals surface area (Å²) in [5.41, 5.74) is -0.827. The Kier molecular flexibility index (Phi) is 4.16. The Morgan fingerprint density at radius 3 is 2.25 bits per heavy atom. The molecule has 1 atom stereocenters. The highest BCUT2D eigenvalue weighted by Gasteiger charge is 2.28. The first-order valence-electron chi connectivity index (χ1n) is 3.47. The molecule has 0 aliphatic heterocycles. The van der Waals surface area contributed by atoms with Gasteiger partial charge in [0.05, 0.1) is 11.6 Å². The number of alkyl halides is 1. The molecule has 74 valence electrons. The minimum atomic E-state index is -3.32. The Morgan fingerprint density at radius 2 is 2.00 bits per heavy atom. The first kappa shape index (κ1) is 12.3. The minimum Gasteiger partial charge on any atom is -0.391 e. The summed E-state index contributed by atoms with van der Waals surface area (Å²) < 4.78 is 24.3. The van der Waals surface area contributed by atoms with Gasteiger partial charge in [0.25, 0.3) is 0 Å². The van der Waals surface area contributed by atoms with Crippen molar-refractivity contribution >= 4 is 26.0 Å². The van der Waals surface area contributed by atoms with Gasteiger partial charge in [-0.15, -0.1) is 0 Å². The van der Waals surface area contributed by atoms with Crippen molar-refractivity contribution in [2.75, 3.05) is 4.66 Å². The lowest BCUT2D eigenvalue weighted by Gasteiger charge is -2.28. The maximum absolute atomic E-state index is 11.1. The summed E-state index contributed by atoms with van der Waals surface area (Å²) in [6.45, 7) is 4.78. The second-order valence-electron chi connectivity index (χ2n) is 3.22. The quantitative estimate of drug-likeness (QED) is 0.720. The van der Waals surface area contributed by atoms with Crippen molar-refractivity contribution in [2.45, 2.75) is 32.4 Å². The van der Waals surface area contributed by atoms with E-state index in [1.165, 1.54) is 6.92 Å². The highest BCUT2D eigenvalue weighted by molar-refractivity contribution is 9.10. The van der Waals surface area contributed by atoms with Crippen LogP contribution in [0.15, 0.2) is 0 Å². The van der Waals surface area contributed by atoms with E-state index in [1.807, 2.05) is 0 Å². The van der Waals surface area contributed by atoms with Gasteiger partial charge >= 0.3 is 0 Å². The summed E-state index contributed by atoms with van der Waals surface area (Å²) in [7, 11) is -3.32. The number of sulfonamides is 1. The van der Waals surface area contributed by atoms with Crippen LogP contribution in [0, 0.1) is 0 Å². The highest BCUT2D eigenvalue weighted by atomic mass is 79.9. The SMILES string of the molecule is CC(O)C(C)(C)NS(=O)(=O)CBr. The minimum absolute atomic E-state index is 0.157. The van der Waals surface area contributed by atoms with Crippen LogP contribution in [0.4, 0.5) is 0 Å². The topological polar surface area (TPSA) is 66.4 Å². The third-order valence-corrected chi connectivity index (χ3v) is 4.54. The summed E-state index contributed by atoms with van der Waals surface area (Å²) in [5, 5.41) is 9.20. The van der Waals surface area contributed by atoms with Crippen molar-refractivity contribution in [2.24, 2.45) is 0 Å². The lowest BCUT2D eigenvalue weighted by atomic mass is 10.0. The number of hydrogen-bond donors (Lipinski definition) is 2. The van der Waals surface area contributed by atoms with E-state index in [0.717, 1.165) is 0 Å². The number of nitrogens with one attached hydrogen (secondary N) is 1. The van der Waals surface area contributed by atoms with E-state index in [4.69, 9.17) is 0 Å². The summed E-state index contributed by atoms with van der Waals surface area (Å²) in [5.74, 6) is 0. The lowest BCUT2D eigenvalue weighted by Crippen LogP contribution is -2.51. The number of rotatable bonds is 4. The number of halogens is 1. The molecule has 12 heavy (non-hydrogen) atoms. The third kappa shape index (κ3) is 3.84. The lowest BCUT2D eigenvalue weighted by molar-refractivity contribution is 0.112. The fourth-order valence-corrected chi connectivity index (χ4v) is 1.88. The average molecular weight is 260 g/mol. The van der Waals surface area contributed by atoms with Gasteiger partial charge in [-0.05, 0) is 20.8 Å². The van der Waals surface area contributed by atoms with Crippen molar-refractivity contribution in [3.05, 3.63) is 0 Å². The monoisotopic (exact) mass is 259 g/mol. The van der Waals surface area contributed by atoms with E-state index in [2.05, 4.69) is 20.7 Å². The van der Waals surface area contributed by atoms with E-state index < -0.39 is 21.7 Å². The Balaban J connectivity index is 4.46. The Bertz CT molecular complexity index is 235. The van der Waals surface area contributed by atoms with Gasteiger partial charge in [-0.1, -0.05) is 15.9 Å². The molecule has 0 amide bonds. The molecule has 0 fully saturated rings. The van der Waals surface area contributed by atoms with Crippen molar-refractivity contribution in [3.8, 4) is 0 Å². The van der Waals surface area contributed by atoms with Crippen LogP contribution in [0.3, 0.4) is 0 Å². The number of aliphatic hydroxyl groups excluding tert-OH is 1. The summed E-state index contributed by atoms with van der Waals surface area (Å²) >= 11 is 2.84. The molecule has 0 saturated heterocycles. The second kappa shape index (κ2) is 4.04. The number of hydrogen-bond acceptors (Lipinski definition) is 3. The van der Waals surface area contributed by atoms with Crippen molar-refractivity contribution in [3.63, 3.8) is 0 Å². The second-order valence-corrected chi connectivity index (χ2v) is 6.25. The molecule has 1 unspecified atom stereocenters. The molecule has 0 aliphatic rings. The van der Waals surface area contributed by atoms with E-state index in [1.54, 1.807) is 13.8 Å². The molecule has 0 heterocycles. The molecule has 0 radical (unpaired) electrons. The summed E-state index contributed by atoms with van der Waals surface area (Å²) in [4.78, 5) is 0. The van der Waals surface area contributed by atoms with Gasteiger partial charge in [-0.2, -0.15) is 0 Å². The van der Waals surface area contributed by atoms with Crippen LogP contribution in [-0.2, 0) is 10.0 Å². The molecule has 0 aromatic carbocycles. The molecular formula is C6H14BrNO3S. The molecule has 2 N–H and O–H groups in total. The normalized spacial score (nSPS) is 16.1. The molecule has 6 heteroatoms. The molecule has 0 saturated carbocycles. The van der Waals surface area contributed by atoms with Gasteiger partial charge in [0.2, 0.25) is 10.0 Å². The van der Waals surface area contributed by atoms with Crippen molar-refractivity contribution in [1.82, 2.24) is 4.72 Å². The van der Waals surface area contributed by atoms with Crippen LogP contribution in [0.5, 0.6) is 0 Å². The zero-order valence-corrected chi connectivity index (χ0v) is 9.74. The van der Waals surface area contributed by atoms with Gasteiger partial charge in [-0.25, -0.2) is 13.1 Å². The smallest absolute Gasteiger partial charge is 0.222 e. The molecule has 0 aliphatic carbocycles. The predicted octanol–water partition coefficient (Wildman–Crippen LogP) is 0.418. The molecule has 0 rings (SSSR count). The number of aliphatic hydroxyl groups is 1. The molecular weight excluding hydrogens is 246 g/mol. The molecule has 0 spiro atoms. The standard InChI is InChI=1S/C6H14BrNO3S/c1-5(9)6(2,3)8-12(10,11)4-7/h5,8-9H,4H2,1-3H3. The first-order valence-corrected chi connectivity index (χ1v) is 6.24. The van der Waals surface area contributed by atoms with Gasteiger partial charge in [0.15, 0.2) is 0 Å². The van der Waals surface area contributed by atoms with E-state index in [-0.39, 0.29) is 4.66 Å². The van der Waals surface area contributed by atoms with Crippen LogP contribution in [0.2, 0.25) is 0 Å². The largest absolute Gasteiger partial charge is 0.391 e. The van der Waals surface area contributed by atoms with Gasteiger partial charge < -0.3 is 5.11 Å². The van der Waals surface area contributed by atoms with Crippen LogP contribution in [0.1, 0.15) is 20.8 Å². The van der Waals surface area contributed by atoms with Crippen LogP contribution in [0.25, 0.3) is 0 Å².